The smallest absolute Gasteiger partial charge is 0.266 e. The minimum absolute atomic E-state index is 0.0309. The lowest BCUT2D eigenvalue weighted by atomic mass is 10.1. The Morgan fingerprint density at radius 2 is 1.70 bits per heavy atom. The minimum Gasteiger partial charge on any atom is -0.326 e. The van der Waals surface area contributed by atoms with Gasteiger partial charge in [-0.2, -0.15) is 5.10 Å². The Balaban J connectivity index is 1.58. The molecule has 0 unspecified atom stereocenters. The summed E-state index contributed by atoms with van der Waals surface area (Å²) in [4.78, 5) is 24.2. The molecule has 1 aromatic heterocycles. The van der Waals surface area contributed by atoms with Crippen molar-refractivity contribution in [3.63, 3.8) is 0 Å². The van der Waals surface area contributed by atoms with Crippen molar-refractivity contribution in [1.82, 2.24) is 9.78 Å². The maximum absolute atomic E-state index is 12.1. The predicted molar refractivity (Wildman–Crippen MR) is 117 cm³/mol. The topological polar surface area (TPSA) is 124 Å². The molecule has 8 nitrogen and oxygen atoms in total. The molecule has 0 aliphatic rings. The van der Waals surface area contributed by atoms with Gasteiger partial charge in [0, 0.05) is 34.8 Å². The number of anilines is 1. The van der Waals surface area contributed by atoms with Crippen molar-refractivity contribution in [1.29, 1.82) is 0 Å². The Morgan fingerprint density at radius 1 is 1.03 bits per heavy atom. The highest BCUT2D eigenvalue weighted by atomic mass is 79.9. The number of rotatable bonds is 7. The molecule has 0 saturated heterocycles. The monoisotopic (exact) mass is 490 g/mol. The van der Waals surface area contributed by atoms with Gasteiger partial charge in [0.2, 0.25) is 15.9 Å². The van der Waals surface area contributed by atoms with Crippen LogP contribution in [0, 0.1) is 0 Å². The average molecular weight is 491 g/mol. The lowest BCUT2D eigenvalue weighted by Gasteiger charge is -2.08. The van der Waals surface area contributed by atoms with Crippen molar-refractivity contribution in [2.24, 2.45) is 5.14 Å². The van der Waals surface area contributed by atoms with E-state index < -0.39 is 10.0 Å². The Hall–Kier alpha value is -2.82. The van der Waals surface area contributed by atoms with Gasteiger partial charge in [-0.3, -0.25) is 9.59 Å². The van der Waals surface area contributed by atoms with Crippen molar-refractivity contribution < 1.29 is 13.2 Å². The van der Waals surface area contributed by atoms with Crippen LogP contribution in [-0.4, -0.2) is 24.1 Å². The quantitative estimate of drug-likeness (QED) is 0.526. The van der Waals surface area contributed by atoms with Crippen molar-refractivity contribution in [2.75, 3.05) is 5.32 Å². The third-order valence-corrected chi connectivity index (χ3v) is 5.70. The molecule has 3 aromatic rings. The maximum Gasteiger partial charge on any atom is 0.266 e. The van der Waals surface area contributed by atoms with Crippen molar-refractivity contribution in [3.05, 3.63) is 75.5 Å². The van der Waals surface area contributed by atoms with Crippen LogP contribution in [0.5, 0.6) is 0 Å². The van der Waals surface area contributed by atoms with E-state index in [4.69, 9.17) is 5.14 Å². The highest BCUT2D eigenvalue weighted by Gasteiger charge is 2.09. The number of hydrogen-bond donors (Lipinski definition) is 2. The van der Waals surface area contributed by atoms with E-state index in [1.807, 2.05) is 24.3 Å². The standard InChI is InChI=1S/C20H19BrN4O4S/c21-15-5-3-14(4-6-15)18-11-12-20(27)25(24-18)13-1-2-19(26)23-16-7-9-17(10-8-16)30(22,28)29/h3-12H,1-2,13H2,(H,23,26)(H2,22,28,29). The summed E-state index contributed by atoms with van der Waals surface area (Å²) in [6.07, 6.45) is 0.589. The van der Waals surface area contributed by atoms with Crippen LogP contribution < -0.4 is 16.0 Å². The highest BCUT2D eigenvalue weighted by Crippen LogP contribution is 2.19. The second-order valence-electron chi connectivity index (χ2n) is 6.51. The van der Waals surface area contributed by atoms with Gasteiger partial charge < -0.3 is 5.32 Å². The first-order valence-corrected chi connectivity index (χ1v) is 11.3. The van der Waals surface area contributed by atoms with Crippen LogP contribution in [-0.2, 0) is 21.4 Å². The molecule has 3 N–H and O–H groups in total. The zero-order chi connectivity index (χ0) is 21.7. The summed E-state index contributed by atoms with van der Waals surface area (Å²) in [6, 6.07) is 16.3. The number of sulfonamides is 1. The Labute approximate surface area is 181 Å². The lowest BCUT2D eigenvalue weighted by Crippen LogP contribution is -2.23. The van der Waals surface area contributed by atoms with Gasteiger partial charge >= 0.3 is 0 Å². The van der Waals surface area contributed by atoms with E-state index in [0.717, 1.165) is 10.0 Å². The molecule has 0 spiro atoms. The fourth-order valence-corrected chi connectivity index (χ4v) is 3.50. The highest BCUT2D eigenvalue weighted by molar-refractivity contribution is 9.10. The number of carbonyl (C=O) groups is 1. The van der Waals surface area contributed by atoms with Crippen LogP contribution in [0.1, 0.15) is 12.8 Å². The molecule has 156 valence electrons. The van der Waals surface area contributed by atoms with E-state index in [2.05, 4.69) is 26.3 Å². The molecule has 0 aliphatic carbocycles. The van der Waals surface area contributed by atoms with Crippen molar-refractivity contribution in [3.8, 4) is 11.3 Å². The molecular weight excluding hydrogens is 472 g/mol. The van der Waals surface area contributed by atoms with Gasteiger partial charge in [0.05, 0.1) is 10.6 Å². The molecule has 10 heteroatoms. The SMILES string of the molecule is NS(=O)(=O)c1ccc(NC(=O)CCCn2nc(-c3ccc(Br)cc3)ccc2=O)cc1. The summed E-state index contributed by atoms with van der Waals surface area (Å²) in [6.45, 7) is 0.293. The van der Waals surface area contributed by atoms with Gasteiger partial charge in [-0.15, -0.1) is 0 Å². The molecule has 3 rings (SSSR count). The van der Waals surface area contributed by atoms with Crippen LogP contribution in [0.2, 0.25) is 0 Å². The number of halogens is 1. The summed E-state index contributed by atoms with van der Waals surface area (Å²) in [7, 11) is -3.78. The first-order valence-electron chi connectivity index (χ1n) is 8.99. The van der Waals surface area contributed by atoms with Gasteiger partial charge in [0.25, 0.3) is 5.56 Å². The normalized spacial score (nSPS) is 11.3. The minimum atomic E-state index is -3.78. The molecule has 0 saturated carbocycles. The first-order chi connectivity index (χ1) is 14.2. The number of amides is 1. The molecule has 30 heavy (non-hydrogen) atoms. The molecule has 1 amide bonds. The van der Waals surface area contributed by atoms with Crippen LogP contribution in [0.4, 0.5) is 5.69 Å². The van der Waals surface area contributed by atoms with Crippen molar-refractivity contribution in [2.45, 2.75) is 24.3 Å². The van der Waals surface area contributed by atoms with E-state index in [0.29, 0.717) is 24.3 Å². The number of hydrogen-bond acceptors (Lipinski definition) is 5. The maximum atomic E-state index is 12.1. The largest absolute Gasteiger partial charge is 0.326 e. The average Bonchev–Trinajstić information content (AvgIpc) is 2.70. The predicted octanol–water partition coefficient (Wildman–Crippen LogP) is 2.74. The molecule has 0 fully saturated rings. The molecular formula is C20H19BrN4O4S. The number of carbonyl (C=O) groups excluding carboxylic acids is 1. The number of nitrogens with two attached hydrogens (primary N) is 1. The Morgan fingerprint density at radius 3 is 2.33 bits per heavy atom. The zero-order valence-corrected chi connectivity index (χ0v) is 18.2. The fraction of sp³-hybridized carbons (Fsp3) is 0.150. The number of nitrogens with one attached hydrogen (secondary N) is 1. The summed E-state index contributed by atoms with van der Waals surface area (Å²) in [5.74, 6) is -0.254. The molecule has 0 atom stereocenters. The summed E-state index contributed by atoms with van der Waals surface area (Å²) in [5, 5.41) is 12.1. The zero-order valence-electron chi connectivity index (χ0n) is 15.8. The van der Waals surface area contributed by atoms with Gasteiger partial charge in [-0.05, 0) is 48.9 Å². The van der Waals surface area contributed by atoms with Gasteiger partial charge in [0.15, 0.2) is 0 Å². The Kier molecular flexibility index (Phi) is 6.80. The third kappa shape index (κ3) is 5.85. The number of nitrogens with zero attached hydrogens (tertiary/aromatic N) is 2. The van der Waals surface area contributed by atoms with E-state index in [9.17, 15) is 18.0 Å². The van der Waals surface area contributed by atoms with Crippen LogP contribution in [0.15, 0.2) is 74.8 Å². The van der Waals surface area contributed by atoms with E-state index in [1.54, 1.807) is 6.07 Å². The number of aryl methyl sites for hydroxylation is 1. The summed E-state index contributed by atoms with van der Waals surface area (Å²) >= 11 is 3.38. The van der Waals surface area contributed by atoms with Crippen LogP contribution >= 0.6 is 15.9 Å². The van der Waals surface area contributed by atoms with E-state index >= 15 is 0 Å². The van der Waals surface area contributed by atoms with Crippen LogP contribution in [0.25, 0.3) is 11.3 Å². The van der Waals surface area contributed by atoms with Gasteiger partial charge in [-0.1, -0.05) is 28.1 Å². The Bertz CT molecular complexity index is 1210. The number of primary sulfonamides is 1. The number of benzene rings is 2. The second-order valence-corrected chi connectivity index (χ2v) is 8.99. The van der Waals surface area contributed by atoms with Gasteiger partial charge in [-0.25, -0.2) is 18.2 Å². The fourth-order valence-electron chi connectivity index (χ4n) is 2.72. The molecule has 0 bridgehead atoms. The molecule has 2 aromatic carbocycles. The summed E-state index contributed by atoms with van der Waals surface area (Å²) < 4.78 is 24.8. The summed E-state index contributed by atoms with van der Waals surface area (Å²) in [5.41, 5.74) is 1.77. The lowest BCUT2D eigenvalue weighted by molar-refractivity contribution is -0.116. The van der Waals surface area contributed by atoms with E-state index in [1.165, 1.54) is 35.0 Å². The molecule has 0 radical (unpaired) electrons. The van der Waals surface area contributed by atoms with Crippen LogP contribution in [0.3, 0.4) is 0 Å². The van der Waals surface area contributed by atoms with Crippen molar-refractivity contribution >= 4 is 37.5 Å². The third-order valence-electron chi connectivity index (χ3n) is 4.25. The van der Waals surface area contributed by atoms with E-state index in [-0.39, 0.29) is 22.8 Å². The second kappa shape index (κ2) is 9.33. The molecule has 1 heterocycles. The number of aromatic nitrogens is 2. The molecule has 0 aliphatic heterocycles. The first kappa shape index (κ1) is 21.9. The van der Waals surface area contributed by atoms with Gasteiger partial charge in [0.1, 0.15) is 0 Å².